The van der Waals surface area contributed by atoms with Crippen molar-refractivity contribution in [3.63, 3.8) is 0 Å². The normalized spacial score (nSPS) is 13.9. The molecule has 0 bridgehead atoms. The monoisotopic (exact) mass is 392 g/mol. The predicted molar refractivity (Wildman–Crippen MR) is 103 cm³/mol. The van der Waals surface area contributed by atoms with Crippen LogP contribution in [0.1, 0.15) is 26.3 Å². The molecule has 9 nitrogen and oxygen atoms in total. The molecule has 9 heteroatoms. The Hall–Kier alpha value is -2.94. The summed E-state index contributed by atoms with van der Waals surface area (Å²) in [5.74, 6) is -3.13. The zero-order valence-corrected chi connectivity index (χ0v) is 16.3. The molecule has 0 saturated heterocycles. The molecule has 3 atom stereocenters. The lowest BCUT2D eigenvalue weighted by molar-refractivity contribution is -0.142. The molecule has 1 aromatic rings. The summed E-state index contributed by atoms with van der Waals surface area (Å²) < 4.78 is 0. The van der Waals surface area contributed by atoms with Crippen LogP contribution >= 0.6 is 0 Å². The molecular formula is C19H28N4O5. The summed E-state index contributed by atoms with van der Waals surface area (Å²) in [5.41, 5.74) is 6.17. The van der Waals surface area contributed by atoms with Crippen molar-refractivity contribution in [2.24, 2.45) is 11.7 Å². The number of hydrogen-bond donors (Lipinski definition) is 5. The Kier molecular flexibility index (Phi) is 9.10. The number of carbonyl (C=O) groups is 4. The van der Waals surface area contributed by atoms with Gasteiger partial charge in [-0.15, -0.1) is 0 Å². The van der Waals surface area contributed by atoms with E-state index < -0.39 is 41.8 Å². The zero-order chi connectivity index (χ0) is 21.3. The minimum Gasteiger partial charge on any atom is -0.480 e. The van der Waals surface area contributed by atoms with E-state index in [9.17, 15) is 24.3 Å². The van der Waals surface area contributed by atoms with E-state index in [1.54, 1.807) is 38.1 Å². The number of carboxylic acid groups (broad SMARTS) is 1. The van der Waals surface area contributed by atoms with Gasteiger partial charge in [-0.05, 0) is 18.4 Å². The van der Waals surface area contributed by atoms with Crippen molar-refractivity contribution in [1.29, 1.82) is 0 Å². The fourth-order valence-electron chi connectivity index (χ4n) is 2.40. The number of carbonyl (C=O) groups excluding carboxylic acids is 3. The van der Waals surface area contributed by atoms with Gasteiger partial charge in [0.2, 0.25) is 17.7 Å². The van der Waals surface area contributed by atoms with Gasteiger partial charge in [0.1, 0.15) is 12.1 Å². The summed E-state index contributed by atoms with van der Waals surface area (Å²) in [6.07, 6.45) is 0.116. The van der Waals surface area contributed by atoms with E-state index in [4.69, 9.17) is 5.73 Å². The first-order valence-electron chi connectivity index (χ1n) is 9.01. The Labute approximate surface area is 164 Å². The quantitative estimate of drug-likeness (QED) is 0.359. The lowest BCUT2D eigenvalue weighted by Gasteiger charge is -2.24. The number of nitrogens with two attached hydrogens (primary N) is 1. The number of benzene rings is 1. The Morgan fingerprint density at radius 1 is 1.00 bits per heavy atom. The molecule has 0 aliphatic carbocycles. The van der Waals surface area contributed by atoms with Crippen molar-refractivity contribution < 1.29 is 24.3 Å². The summed E-state index contributed by atoms with van der Waals surface area (Å²) in [5, 5.41) is 16.8. The van der Waals surface area contributed by atoms with Crippen LogP contribution in [-0.2, 0) is 25.6 Å². The van der Waals surface area contributed by atoms with E-state index in [2.05, 4.69) is 16.0 Å². The van der Waals surface area contributed by atoms with Crippen LogP contribution in [0, 0.1) is 5.92 Å². The van der Waals surface area contributed by atoms with Crippen LogP contribution in [0.25, 0.3) is 0 Å². The maximum atomic E-state index is 12.6. The molecule has 0 saturated carbocycles. The molecule has 0 spiro atoms. The first kappa shape index (κ1) is 23.1. The molecule has 0 aromatic heterocycles. The summed E-state index contributed by atoms with van der Waals surface area (Å²) in [6, 6.07) is 6.07. The van der Waals surface area contributed by atoms with Crippen molar-refractivity contribution in [1.82, 2.24) is 16.0 Å². The van der Waals surface area contributed by atoms with Crippen LogP contribution in [-0.4, -0.2) is 53.5 Å². The second-order valence-electron chi connectivity index (χ2n) is 6.88. The van der Waals surface area contributed by atoms with Crippen LogP contribution in [0.3, 0.4) is 0 Å². The van der Waals surface area contributed by atoms with Crippen LogP contribution in [0.2, 0.25) is 0 Å². The lowest BCUT2D eigenvalue weighted by atomic mass is 10.0. The van der Waals surface area contributed by atoms with Crippen LogP contribution in [0.5, 0.6) is 0 Å². The minimum atomic E-state index is -1.17. The van der Waals surface area contributed by atoms with Crippen LogP contribution in [0.15, 0.2) is 30.3 Å². The maximum Gasteiger partial charge on any atom is 0.326 e. The molecule has 0 fully saturated rings. The molecule has 3 amide bonds. The summed E-state index contributed by atoms with van der Waals surface area (Å²) in [6.45, 7) is 4.59. The highest BCUT2D eigenvalue weighted by Crippen LogP contribution is 2.06. The molecule has 0 aliphatic heterocycles. The third-order valence-corrected chi connectivity index (χ3v) is 4.00. The standard InChI is InChI=1S/C19H28N4O5/c1-11(2)16(23-15(24)10-21-17(25)12(3)20)18(26)22-14(19(27)28)9-13-7-5-4-6-8-13/h4-8,11-12,14,16H,9-10,20H2,1-3H3,(H,21,25)(H,22,26)(H,23,24)(H,27,28). The van der Waals surface area contributed by atoms with Gasteiger partial charge in [-0.1, -0.05) is 44.2 Å². The largest absolute Gasteiger partial charge is 0.480 e. The molecule has 1 aromatic carbocycles. The van der Waals surface area contributed by atoms with Crippen molar-refractivity contribution in [2.75, 3.05) is 6.54 Å². The van der Waals surface area contributed by atoms with Crippen LogP contribution in [0.4, 0.5) is 0 Å². The molecule has 1 rings (SSSR count). The third-order valence-electron chi connectivity index (χ3n) is 4.00. The Morgan fingerprint density at radius 2 is 1.61 bits per heavy atom. The van der Waals surface area contributed by atoms with Gasteiger partial charge < -0.3 is 26.8 Å². The number of rotatable bonds is 10. The summed E-state index contributed by atoms with van der Waals surface area (Å²) in [7, 11) is 0. The molecule has 154 valence electrons. The Balaban J connectivity index is 2.72. The van der Waals surface area contributed by atoms with Crippen molar-refractivity contribution >= 4 is 23.7 Å². The number of aliphatic carboxylic acids is 1. The Bertz CT molecular complexity index is 691. The molecular weight excluding hydrogens is 364 g/mol. The van der Waals surface area contributed by atoms with Gasteiger partial charge in [0, 0.05) is 6.42 Å². The average molecular weight is 392 g/mol. The van der Waals surface area contributed by atoms with E-state index in [1.807, 2.05) is 6.07 Å². The number of carboxylic acids is 1. The number of hydrogen-bond acceptors (Lipinski definition) is 5. The Morgan fingerprint density at radius 3 is 2.11 bits per heavy atom. The fraction of sp³-hybridized carbons (Fsp3) is 0.474. The van der Waals surface area contributed by atoms with Gasteiger partial charge in [-0.3, -0.25) is 14.4 Å². The van der Waals surface area contributed by atoms with E-state index >= 15 is 0 Å². The zero-order valence-electron chi connectivity index (χ0n) is 16.3. The highest BCUT2D eigenvalue weighted by Gasteiger charge is 2.28. The van der Waals surface area contributed by atoms with Gasteiger partial charge in [0.25, 0.3) is 0 Å². The molecule has 28 heavy (non-hydrogen) atoms. The van der Waals surface area contributed by atoms with Gasteiger partial charge in [-0.2, -0.15) is 0 Å². The second kappa shape index (κ2) is 11.0. The first-order chi connectivity index (χ1) is 13.1. The topological polar surface area (TPSA) is 151 Å². The van der Waals surface area contributed by atoms with Gasteiger partial charge in [-0.25, -0.2) is 4.79 Å². The van der Waals surface area contributed by atoms with Gasteiger partial charge in [0.15, 0.2) is 0 Å². The van der Waals surface area contributed by atoms with E-state index in [0.29, 0.717) is 0 Å². The molecule has 3 unspecified atom stereocenters. The molecule has 0 heterocycles. The van der Waals surface area contributed by atoms with E-state index in [0.717, 1.165) is 5.56 Å². The minimum absolute atomic E-state index is 0.116. The van der Waals surface area contributed by atoms with Gasteiger partial charge >= 0.3 is 5.97 Å². The summed E-state index contributed by atoms with van der Waals surface area (Å²) >= 11 is 0. The predicted octanol–water partition coefficient (Wildman–Crippen LogP) is -0.597. The van der Waals surface area contributed by atoms with E-state index in [-0.39, 0.29) is 18.9 Å². The maximum absolute atomic E-state index is 12.6. The number of amides is 3. The lowest BCUT2D eigenvalue weighted by Crippen LogP contribution is -2.55. The van der Waals surface area contributed by atoms with Gasteiger partial charge in [0.05, 0.1) is 12.6 Å². The SMILES string of the molecule is CC(N)C(=O)NCC(=O)NC(C(=O)NC(Cc1ccccc1)C(=O)O)C(C)C. The number of nitrogens with one attached hydrogen (secondary N) is 3. The smallest absolute Gasteiger partial charge is 0.326 e. The van der Waals surface area contributed by atoms with Crippen molar-refractivity contribution in [3.05, 3.63) is 35.9 Å². The highest BCUT2D eigenvalue weighted by atomic mass is 16.4. The summed E-state index contributed by atoms with van der Waals surface area (Å²) in [4.78, 5) is 47.6. The third kappa shape index (κ3) is 7.75. The molecule has 0 radical (unpaired) electrons. The van der Waals surface area contributed by atoms with Crippen molar-refractivity contribution in [3.8, 4) is 0 Å². The average Bonchev–Trinajstić information content (AvgIpc) is 2.63. The molecule has 6 N–H and O–H groups in total. The molecule has 0 aliphatic rings. The van der Waals surface area contributed by atoms with Crippen molar-refractivity contribution in [2.45, 2.75) is 45.3 Å². The van der Waals surface area contributed by atoms with Crippen LogP contribution < -0.4 is 21.7 Å². The second-order valence-corrected chi connectivity index (χ2v) is 6.88. The highest BCUT2D eigenvalue weighted by molar-refractivity contribution is 5.92. The fourth-order valence-corrected chi connectivity index (χ4v) is 2.40. The first-order valence-corrected chi connectivity index (χ1v) is 9.01. The van der Waals surface area contributed by atoms with E-state index in [1.165, 1.54) is 6.92 Å².